The number of amides is 4. The first-order valence-corrected chi connectivity index (χ1v) is 7.78. The first-order chi connectivity index (χ1) is 11.6. The number of benzene rings is 1. The van der Waals surface area contributed by atoms with Crippen LogP contribution in [0.1, 0.15) is 31.4 Å². The first kappa shape index (κ1) is 18.4. The van der Waals surface area contributed by atoms with Gasteiger partial charge in [0.15, 0.2) is 0 Å². The van der Waals surface area contributed by atoms with Gasteiger partial charge in [0.1, 0.15) is 12.1 Å². The van der Waals surface area contributed by atoms with Crippen molar-refractivity contribution in [2.75, 3.05) is 6.54 Å². The Bertz CT molecular complexity index is 763. The van der Waals surface area contributed by atoms with Crippen molar-refractivity contribution < 1.29 is 19.3 Å². The summed E-state index contributed by atoms with van der Waals surface area (Å²) in [5.41, 5.74) is 4.95. The molecule has 134 valence electrons. The van der Waals surface area contributed by atoms with E-state index in [-0.39, 0.29) is 25.2 Å². The molecule has 1 aromatic rings. The summed E-state index contributed by atoms with van der Waals surface area (Å²) in [7, 11) is 0. The summed E-state index contributed by atoms with van der Waals surface area (Å²) in [6.45, 7) is 4.44. The fraction of sp³-hybridized carbons (Fsp3) is 0.438. The van der Waals surface area contributed by atoms with E-state index in [0.717, 1.165) is 9.80 Å². The molecular formula is C16H20N4O5. The van der Waals surface area contributed by atoms with Crippen molar-refractivity contribution in [1.29, 1.82) is 0 Å². The number of urea groups is 1. The van der Waals surface area contributed by atoms with Gasteiger partial charge in [-0.3, -0.25) is 24.6 Å². The molecule has 1 fully saturated rings. The van der Waals surface area contributed by atoms with Gasteiger partial charge < -0.3 is 10.6 Å². The Morgan fingerprint density at radius 1 is 1.40 bits per heavy atom. The molecule has 0 aliphatic carbocycles. The fourth-order valence-electron chi connectivity index (χ4n) is 2.79. The van der Waals surface area contributed by atoms with Crippen molar-refractivity contribution in [3.63, 3.8) is 0 Å². The third kappa shape index (κ3) is 3.04. The van der Waals surface area contributed by atoms with Crippen LogP contribution in [0.25, 0.3) is 0 Å². The summed E-state index contributed by atoms with van der Waals surface area (Å²) in [6, 6.07) is 3.86. The Kier molecular flexibility index (Phi) is 4.78. The van der Waals surface area contributed by atoms with Gasteiger partial charge in [-0.25, -0.2) is 4.79 Å². The van der Waals surface area contributed by atoms with Crippen LogP contribution in [0, 0.1) is 17.0 Å². The van der Waals surface area contributed by atoms with Crippen LogP contribution >= 0.6 is 0 Å². The third-order valence-corrected chi connectivity index (χ3v) is 4.81. The highest BCUT2D eigenvalue weighted by atomic mass is 16.6. The maximum Gasteiger partial charge on any atom is 0.328 e. The zero-order valence-corrected chi connectivity index (χ0v) is 14.3. The largest absolute Gasteiger partial charge is 0.368 e. The van der Waals surface area contributed by atoms with Crippen LogP contribution in [0.15, 0.2) is 18.2 Å². The number of rotatable bonds is 6. The Hall–Kier alpha value is -2.97. The number of nitro benzene ring substituents is 1. The maximum absolute atomic E-state index is 12.6. The lowest BCUT2D eigenvalue weighted by molar-refractivity contribution is -0.385. The summed E-state index contributed by atoms with van der Waals surface area (Å²) in [5.74, 6) is -1.17. The maximum atomic E-state index is 12.6. The van der Waals surface area contributed by atoms with Crippen molar-refractivity contribution in [2.45, 2.75) is 39.3 Å². The van der Waals surface area contributed by atoms with Crippen molar-refractivity contribution in [1.82, 2.24) is 9.80 Å². The van der Waals surface area contributed by atoms with Crippen LogP contribution in [0.5, 0.6) is 0 Å². The lowest BCUT2D eigenvalue weighted by Gasteiger charge is -2.34. The SMILES string of the molecule is CCC(C)(C(N)=O)N1CC(=O)N(Cc2cccc([N+](=O)[O-])c2C)C1=O. The number of hydrogen-bond donors (Lipinski definition) is 1. The van der Waals surface area contributed by atoms with E-state index in [9.17, 15) is 24.5 Å². The molecule has 0 spiro atoms. The van der Waals surface area contributed by atoms with Crippen LogP contribution in [-0.4, -0.2) is 44.7 Å². The minimum Gasteiger partial charge on any atom is -0.368 e. The van der Waals surface area contributed by atoms with E-state index >= 15 is 0 Å². The second-order valence-corrected chi connectivity index (χ2v) is 6.16. The number of carbonyl (C=O) groups excluding carboxylic acids is 3. The quantitative estimate of drug-likeness (QED) is 0.471. The van der Waals surface area contributed by atoms with E-state index in [4.69, 9.17) is 5.73 Å². The summed E-state index contributed by atoms with van der Waals surface area (Å²) in [5, 5.41) is 11.0. The lowest BCUT2D eigenvalue weighted by Crippen LogP contribution is -2.56. The third-order valence-electron chi connectivity index (χ3n) is 4.81. The van der Waals surface area contributed by atoms with Gasteiger partial charge in [-0.15, -0.1) is 0 Å². The van der Waals surface area contributed by atoms with Crippen molar-refractivity contribution >= 4 is 23.5 Å². The normalized spacial score (nSPS) is 16.9. The molecular weight excluding hydrogens is 328 g/mol. The van der Waals surface area contributed by atoms with Gasteiger partial charge >= 0.3 is 6.03 Å². The molecule has 2 rings (SSSR count). The first-order valence-electron chi connectivity index (χ1n) is 7.78. The Morgan fingerprint density at radius 3 is 2.56 bits per heavy atom. The molecule has 2 N–H and O–H groups in total. The molecule has 1 aliphatic heterocycles. The highest BCUT2D eigenvalue weighted by molar-refractivity contribution is 6.04. The smallest absolute Gasteiger partial charge is 0.328 e. The summed E-state index contributed by atoms with van der Waals surface area (Å²) in [4.78, 5) is 49.4. The number of primary amides is 1. The monoisotopic (exact) mass is 348 g/mol. The number of hydrogen-bond acceptors (Lipinski definition) is 5. The van der Waals surface area contributed by atoms with Crippen molar-refractivity contribution in [3.05, 3.63) is 39.4 Å². The molecule has 1 unspecified atom stereocenters. The molecule has 1 aliphatic rings. The second-order valence-electron chi connectivity index (χ2n) is 6.16. The standard InChI is InChI=1S/C16H20N4O5/c1-4-16(3,14(17)22)19-9-13(21)18(15(19)23)8-11-6-5-7-12(10(11)2)20(24)25/h5-7H,4,8-9H2,1-3H3,(H2,17,22). The topological polar surface area (TPSA) is 127 Å². The van der Waals surface area contributed by atoms with Crippen LogP contribution in [0.4, 0.5) is 10.5 Å². The fourth-order valence-corrected chi connectivity index (χ4v) is 2.79. The van der Waals surface area contributed by atoms with Gasteiger partial charge in [-0.2, -0.15) is 0 Å². The molecule has 1 aromatic carbocycles. The molecule has 0 radical (unpaired) electrons. The summed E-state index contributed by atoms with van der Waals surface area (Å²) < 4.78 is 0. The van der Waals surface area contributed by atoms with Gasteiger partial charge in [-0.05, 0) is 25.8 Å². The predicted molar refractivity (Wildman–Crippen MR) is 88.4 cm³/mol. The van der Waals surface area contributed by atoms with E-state index in [2.05, 4.69) is 0 Å². The molecule has 1 atom stereocenters. The van der Waals surface area contributed by atoms with E-state index in [1.165, 1.54) is 19.1 Å². The van der Waals surface area contributed by atoms with Gasteiger partial charge in [-0.1, -0.05) is 19.1 Å². The Morgan fingerprint density at radius 2 is 2.04 bits per heavy atom. The molecule has 25 heavy (non-hydrogen) atoms. The number of nitro groups is 1. The summed E-state index contributed by atoms with van der Waals surface area (Å²) in [6.07, 6.45) is 0.269. The van der Waals surface area contributed by atoms with Crippen molar-refractivity contribution in [2.24, 2.45) is 5.73 Å². The number of nitrogens with zero attached hydrogens (tertiary/aromatic N) is 3. The zero-order chi connectivity index (χ0) is 18.9. The summed E-state index contributed by atoms with van der Waals surface area (Å²) >= 11 is 0. The lowest BCUT2D eigenvalue weighted by atomic mass is 9.96. The van der Waals surface area contributed by atoms with E-state index in [0.29, 0.717) is 11.1 Å². The predicted octanol–water partition coefficient (Wildman–Crippen LogP) is 1.32. The molecule has 4 amide bonds. The van der Waals surface area contributed by atoms with E-state index in [1.807, 2.05) is 0 Å². The van der Waals surface area contributed by atoms with Gasteiger partial charge in [0.25, 0.3) is 11.6 Å². The molecule has 9 heteroatoms. The Balaban J connectivity index is 2.32. The molecule has 1 heterocycles. The number of carbonyl (C=O) groups is 3. The van der Waals surface area contributed by atoms with Gasteiger partial charge in [0.2, 0.25) is 5.91 Å². The van der Waals surface area contributed by atoms with Crippen LogP contribution in [0.2, 0.25) is 0 Å². The number of nitrogens with two attached hydrogens (primary N) is 1. The minimum atomic E-state index is -1.26. The van der Waals surface area contributed by atoms with Crippen LogP contribution < -0.4 is 5.73 Å². The highest BCUT2D eigenvalue weighted by Crippen LogP contribution is 2.28. The minimum absolute atomic E-state index is 0.0796. The van der Waals surface area contributed by atoms with Crippen LogP contribution in [-0.2, 0) is 16.1 Å². The number of imide groups is 1. The van der Waals surface area contributed by atoms with E-state index < -0.39 is 28.3 Å². The Labute approximate surface area is 144 Å². The van der Waals surface area contributed by atoms with Gasteiger partial charge in [0, 0.05) is 11.6 Å². The van der Waals surface area contributed by atoms with Crippen LogP contribution in [0.3, 0.4) is 0 Å². The molecule has 0 aromatic heterocycles. The average molecular weight is 348 g/mol. The van der Waals surface area contributed by atoms with E-state index in [1.54, 1.807) is 19.9 Å². The molecule has 9 nitrogen and oxygen atoms in total. The van der Waals surface area contributed by atoms with Crippen molar-refractivity contribution in [3.8, 4) is 0 Å². The zero-order valence-electron chi connectivity index (χ0n) is 14.3. The highest BCUT2D eigenvalue weighted by Gasteiger charge is 2.48. The average Bonchev–Trinajstić information content (AvgIpc) is 2.83. The second kappa shape index (κ2) is 6.50. The van der Waals surface area contributed by atoms with Gasteiger partial charge in [0.05, 0.1) is 11.5 Å². The molecule has 0 bridgehead atoms. The molecule has 1 saturated heterocycles. The molecule has 0 saturated carbocycles.